The van der Waals surface area contributed by atoms with E-state index < -0.39 is 0 Å². The van der Waals surface area contributed by atoms with Gasteiger partial charge in [-0.2, -0.15) is 0 Å². The molecule has 0 aliphatic carbocycles. The van der Waals surface area contributed by atoms with Gasteiger partial charge in [0.1, 0.15) is 0 Å². The summed E-state index contributed by atoms with van der Waals surface area (Å²) in [5.74, 6) is -0.0597. The Morgan fingerprint density at radius 1 is 0.923 bits per heavy atom. The molecule has 1 saturated heterocycles. The summed E-state index contributed by atoms with van der Waals surface area (Å²) in [7, 11) is 0. The van der Waals surface area contributed by atoms with Gasteiger partial charge < -0.3 is 20.4 Å². The Hall–Kier alpha value is -2.29. The number of amides is 3. The van der Waals surface area contributed by atoms with Crippen LogP contribution in [0.4, 0.5) is 16.2 Å². The first-order chi connectivity index (χ1) is 12.6. The predicted molar refractivity (Wildman–Crippen MR) is 111 cm³/mol. The number of rotatable bonds is 4. The summed E-state index contributed by atoms with van der Waals surface area (Å²) in [6.45, 7) is 2.92. The quantitative estimate of drug-likeness (QED) is 0.685. The second kappa shape index (κ2) is 8.88. The van der Waals surface area contributed by atoms with Crippen molar-refractivity contribution in [3.63, 3.8) is 0 Å². The Morgan fingerprint density at radius 3 is 2.23 bits per heavy atom. The number of carbonyl (C=O) groups excluding carboxylic acids is 2. The Kier molecular flexibility index (Phi) is 6.32. The maximum Gasteiger partial charge on any atom is 0.319 e. The van der Waals surface area contributed by atoms with Crippen LogP contribution in [0.15, 0.2) is 54.6 Å². The molecule has 7 heteroatoms. The first-order valence-corrected chi connectivity index (χ1v) is 9.58. The third kappa shape index (κ3) is 5.10. The highest BCUT2D eigenvalue weighted by Crippen LogP contribution is 2.15. The minimum Gasteiger partial charge on any atom is -0.368 e. The minimum absolute atomic E-state index is 0.00153. The van der Waals surface area contributed by atoms with Gasteiger partial charge in [0.25, 0.3) is 0 Å². The third-order valence-corrected chi connectivity index (χ3v) is 4.98. The van der Waals surface area contributed by atoms with Gasteiger partial charge in [-0.25, -0.2) is 4.79 Å². The summed E-state index contributed by atoms with van der Waals surface area (Å²) in [6, 6.07) is 17.3. The van der Waals surface area contributed by atoms with Crippen LogP contribution in [-0.2, 0) is 4.79 Å². The van der Waals surface area contributed by atoms with Crippen LogP contribution >= 0.6 is 22.6 Å². The molecule has 0 spiro atoms. The number of benzene rings is 2. The molecule has 0 bridgehead atoms. The average Bonchev–Trinajstić information content (AvgIpc) is 2.69. The molecule has 1 aliphatic rings. The molecule has 1 heterocycles. The fourth-order valence-electron chi connectivity index (χ4n) is 2.83. The molecular formula is C19H21IN4O2. The molecule has 0 atom stereocenters. The van der Waals surface area contributed by atoms with E-state index in [0.717, 1.165) is 16.7 Å². The zero-order valence-corrected chi connectivity index (χ0v) is 16.5. The molecule has 0 saturated carbocycles. The highest BCUT2D eigenvalue weighted by molar-refractivity contribution is 14.1. The first-order valence-electron chi connectivity index (χ1n) is 8.50. The van der Waals surface area contributed by atoms with Gasteiger partial charge in [-0.05, 0) is 59.0 Å². The fourth-order valence-corrected chi connectivity index (χ4v) is 3.19. The van der Waals surface area contributed by atoms with Crippen molar-refractivity contribution < 1.29 is 9.59 Å². The smallest absolute Gasteiger partial charge is 0.319 e. The largest absolute Gasteiger partial charge is 0.368 e. The topological polar surface area (TPSA) is 64.7 Å². The van der Waals surface area contributed by atoms with Gasteiger partial charge in [0, 0.05) is 41.1 Å². The predicted octanol–water partition coefficient (Wildman–Crippen LogP) is 2.76. The fraction of sp³-hybridized carbons (Fsp3) is 0.263. The lowest BCUT2D eigenvalue weighted by Gasteiger charge is -2.36. The third-order valence-electron chi connectivity index (χ3n) is 4.26. The summed E-state index contributed by atoms with van der Waals surface area (Å²) < 4.78 is 1.10. The Morgan fingerprint density at radius 2 is 1.58 bits per heavy atom. The van der Waals surface area contributed by atoms with Crippen molar-refractivity contribution in [2.75, 3.05) is 42.9 Å². The lowest BCUT2D eigenvalue weighted by atomic mass is 10.2. The van der Waals surface area contributed by atoms with Crippen molar-refractivity contribution in [1.29, 1.82) is 0 Å². The lowest BCUT2D eigenvalue weighted by Crippen LogP contribution is -2.51. The normalized spacial score (nSPS) is 14.0. The van der Waals surface area contributed by atoms with Gasteiger partial charge in [0.05, 0.1) is 6.54 Å². The molecule has 0 unspecified atom stereocenters. The zero-order chi connectivity index (χ0) is 18.4. The van der Waals surface area contributed by atoms with Crippen LogP contribution in [0.3, 0.4) is 0 Å². The standard InChI is InChI=1S/C19H21IN4O2/c20-15-6-8-16(9-7-15)22-19(26)21-14-18(25)24-12-10-23(11-13-24)17-4-2-1-3-5-17/h1-9H,10-14H2,(H2,21,22,26). The van der Waals surface area contributed by atoms with Crippen LogP contribution < -0.4 is 15.5 Å². The number of carbonyl (C=O) groups is 2. The number of hydrogen-bond donors (Lipinski definition) is 2. The maximum atomic E-state index is 12.3. The van der Waals surface area contributed by atoms with E-state index in [1.54, 1.807) is 4.90 Å². The van der Waals surface area contributed by atoms with Crippen molar-refractivity contribution in [2.45, 2.75) is 0 Å². The van der Waals surface area contributed by atoms with Crippen molar-refractivity contribution >= 4 is 45.9 Å². The van der Waals surface area contributed by atoms with E-state index in [0.29, 0.717) is 18.8 Å². The zero-order valence-electron chi connectivity index (χ0n) is 14.3. The number of urea groups is 1. The van der Waals surface area contributed by atoms with Gasteiger partial charge >= 0.3 is 6.03 Å². The highest BCUT2D eigenvalue weighted by Gasteiger charge is 2.21. The summed E-state index contributed by atoms with van der Waals surface area (Å²) in [5, 5.41) is 5.35. The highest BCUT2D eigenvalue weighted by atomic mass is 127. The Balaban J connectivity index is 1.41. The van der Waals surface area contributed by atoms with E-state index in [1.165, 1.54) is 5.69 Å². The van der Waals surface area contributed by atoms with Crippen LogP contribution in [-0.4, -0.2) is 49.6 Å². The van der Waals surface area contributed by atoms with Crippen LogP contribution in [0.5, 0.6) is 0 Å². The molecule has 3 amide bonds. The van der Waals surface area contributed by atoms with Gasteiger partial charge in [0.15, 0.2) is 0 Å². The van der Waals surface area contributed by atoms with Gasteiger partial charge in [-0.3, -0.25) is 4.79 Å². The van der Waals surface area contributed by atoms with Crippen LogP contribution in [0.2, 0.25) is 0 Å². The molecule has 136 valence electrons. The second-order valence-electron chi connectivity index (χ2n) is 6.02. The molecule has 3 rings (SSSR count). The molecular weight excluding hydrogens is 443 g/mol. The second-order valence-corrected chi connectivity index (χ2v) is 7.26. The first kappa shape index (κ1) is 18.5. The Labute approximate surface area is 166 Å². The van der Waals surface area contributed by atoms with Crippen molar-refractivity contribution in [3.05, 3.63) is 58.2 Å². The van der Waals surface area contributed by atoms with E-state index >= 15 is 0 Å². The average molecular weight is 464 g/mol. The number of halogens is 1. The van der Waals surface area contributed by atoms with Crippen LogP contribution in [0.25, 0.3) is 0 Å². The molecule has 0 radical (unpaired) electrons. The summed E-state index contributed by atoms with van der Waals surface area (Å²) in [4.78, 5) is 28.3. The number of nitrogens with zero attached hydrogens (tertiary/aromatic N) is 2. The maximum absolute atomic E-state index is 12.3. The summed E-state index contributed by atoms with van der Waals surface area (Å²) in [6.07, 6.45) is 0. The number of nitrogens with one attached hydrogen (secondary N) is 2. The molecule has 1 fully saturated rings. The van der Waals surface area contributed by atoms with Crippen molar-refractivity contribution in [2.24, 2.45) is 0 Å². The minimum atomic E-state index is -0.373. The van der Waals surface area contributed by atoms with Crippen LogP contribution in [0.1, 0.15) is 0 Å². The van der Waals surface area contributed by atoms with E-state index in [9.17, 15) is 9.59 Å². The number of anilines is 2. The molecule has 0 aromatic heterocycles. The van der Waals surface area contributed by atoms with Gasteiger partial charge in [-0.1, -0.05) is 18.2 Å². The summed E-state index contributed by atoms with van der Waals surface area (Å²) in [5.41, 5.74) is 1.88. The monoisotopic (exact) mass is 464 g/mol. The molecule has 2 aromatic rings. The lowest BCUT2D eigenvalue weighted by molar-refractivity contribution is -0.130. The molecule has 1 aliphatic heterocycles. The van der Waals surface area contributed by atoms with E-state index in [-0.39, 0.29) is 18.5 Å². The van der Waals surface area contributed by atoms with Gasteiger partial charge in [-0.15, -0.1) is 0 Å². The Bertz CT molecular complexity index is 744. The van der Waals surface area contributed by atoms with Crippen molar-refractivity contribution in [1.82, 2.24) is 10.2 Å². The molecule has 2 aromatic carbocycles. The molecule has 6 nitrogen and oxygen atoms in total. The number of para-hydroxylation sites is 1. The van der Waals surface area contributed by atoms with Crippen molar-refractivity contribution in [3.8, 4) is 0 Å². The van der Waals surface area contributed by atoms with E-state index in [1.807, 2.05) is 42.5 Å². The summed E-state index contributed by atoms with van der Waals surface area (Å²) >= 11 is 2.20. The molecule has 2 N–H and O–H groups in total. The SMILES string of the molecule is O=C(NCC(=O)N1CCN(c2ccccc2)CC1)Nc1ccc(I)cc1. The van der Waals surface area contributed by atoms with Gasteiger partial charge in [0.2, 0.25) is 5.91 Å². The van der Waals surface area contributed by atoms with E-state index in [4.69, 9.17) is 0 Å². The number of piperazine rings is 1. The number of hydrogen-bond acceptors (Lipinski definition) is 3. The van der Waals surface area contributed by atoms with Crippen LogP contribution in [0, 0.1) is 3.57 Å². The molecule has 26 heavy (non-hydrogen) atoms. The van der Waals surface area contributed by atoms with E-state index in [2.05, 4.69) is 50.3 Å².